The Bertz CT molecular complexity index is 420. The molecule has 0 bridgehead atoms. The summed E-state index contributed by atoms with van der Waals surface area (Å²) in [4.78, 5) is 0. The van der Waals surface area contributed by atoms with Gasteiger partial charge in [0.15, 0.2) is 11.5 Å². The summed E-state index contributed by atoms with van der Waals surface area (Å²) >= 11 is 0. The van der Waals surface area contributed by atoms with E-state index in [0.717, 1.165) is 19.5 Å². The van der Waals surface area contributed by atoms with Crippen molar-refractivity contribution in [3.8, 4) is 17.6 Å². The molecule has 90 valence electrons. The molecule has 2 rings (SSSR count). The lowest BCUT2D eigenvalue weighted by Gasteiger charge is -2.13. The molecule has 1 aliphatic rings. The molecule has 1 N–H and O–H groups in total. The summed E-state index contributed by atoms with van der Waals surface area (Å²) in [7, 11) is 1.58. The van der Waals surface area contributed by atoms with Gasteiger partial charge in [0, 0.05) is 18.5 Å². The molecule has 17 heavy (non-hydrogen) atoms. The van der Waals surface area contributed by atoms with Gasteiger partial charge >= 0.3 is 0 Å². The van der Waals surface area contributed by atoms with Gasteiger partial charge in [-0.3, -0.25) is 0 Å². The molecule has 0 amide bonds. The summed E-state index contributed by atoms with van der Waals surface area (Å²) in [5.41, 5.74) is 0.580. The number of hydrogen-bond acceptors (Lipinski definition) is 4. The first-order chi connectivity index (χ1) is 8.33. The van der Waals surface area contributed by atoms with Crippen molar-refractivity contribution in [3.05, 3.63) is 23.8 Å². The highest BCUT2D eigenvalue weighted by Gasteiger charge is 2.16. The SMILES string of the molecule is COc1cc(C#N)ccc1OCC1CCNC1. The van der Waals surface area contributed by atoms with E-state index in [0.29, 0.717) is 29.6 Å². The molecule has 0 radical (unpaired) electrons. The molecule has 0 spiro atoms. The van der Waals surface area contributed by atoms with Crippen LogP contribution in [0.5, 0.6) is 11.5 Å². The van der Waals surface area contributed by atoms with E-state index < -0.39 is 0 Å². The smallest absolute Gasteiger partial charge is 0.162 e. The lowest BCUT2D eigenvalue weighted by atomic mass is 10.1. The first-order valence-corrected chi connectivity index (χ1v) is 5.75. The average Bonchev–Trinajstić information content (AvgIpc) is 2.89. The van der Waals surface area contributed by atoms with Gasteiger partial charge in [0.25, 0.3) is 0 Å². The maximum Gasteiger partial charge on any atom is 0.162 e. The molecule has 0 aromatic heterocycles. The Balaban J connectivity index is 2.01. The molecule has 0 saturated carbocycles. The fourth-order valence-electron chi connectivity index (χ4n) is 1.92. The monoisotopic (exact) mass is 232 g/mol. The number of rotatable bonds is 4. The normalized spacial score (nSPS) is 18.7. The van der Waals surface area contributed by atoms with Gasteiger partial charge < -0.3 is 14.8 Å². The second-order valence-electron chi connectivity index (χ2n) is 4.15. The first-order valence-electron chi connectivity index (χ1n) is 5.75. The zero-order valence-corrected chi connectivity index (χ0v) is 9.90. The minimum atomic E-state index is 0.565. The molecular formula is C13H16N2O2. The van der Waals surface area contributed by atoms with Crippen molar-refractivity contribution in [2.75, 3.05) is 26.8 Å². The summed E-state index contributed by atoms with van der Waals surface area (Å²) in [5, 5.41) is 12.1. The van der Waals surface area contributed by atoms with Gasteiger partial charge in [0.05, 0.1) is 25.3 Å². The third-order valence-corrected chi connectivity index (χ3v) is 2.93. The van der Waals surface area contributed by atoms with Crippen molar-refractivity contribution in [2.45, 2.75) is 6.42 Å². The van der Waals surface area contributed by atoms with Crippen LogP contribution in [0.1, 0.15) is 12.0 Å². The zero-order chi connectivity index (χ0) is 12.1. The fraction of sp³-hybridized carbons (Fsp3) is 0.462. The third kappa shape index (κ3) is 2.89. The molecular weight excluding hydrogens is 216 g/mol. The number of nitrogens with one attached hydrogen (secondary N) is 1. The van der Waals surface area contributed by atoms with E-state index in [4.69, 9.17) is 14.7 Å². The highest BCUT2D eigenvalue weighted by atomic mass is 16.5. The van der Waals surface area contributed by atoms with Crippen molar-refractivity contribution < 1.29 is 9.47 Å². The van der Waals surface area contributed by atoms with E-state index in [1.807, 2.05) is 0 Å². The van der Waals surface area contributed by atoms with Crippen molar-refractivity contribution in [3.63, 3.8) is 0 Å². The van der Waals surface area contributed by atoms with E-state index in [2.05, 4.69) is 11.4 Å². The molecule has 4 heteroatoms. The quantitative estimate of drug-likeness (QED) is 0.855. The number of hydrogen-bond donors (Lipinski definition) is 1. The summed E-state index contributed by atoms with van der Waals surface area (Å²) in [6.07, 6.45) is 1.15. The van der Waals surface area contributed by atoms with Crippen LogP contribution in [-0.2, 0) is 0 Å². The Morgan fingerprint density at radius 1 is 1.47 bits per heavy atom. The molecule has 1 unspecified atom stereocenters. The van der Waals surface area contributed by atoms with Crippen LogP contribution in [-0.4, -0.2) is 26.8 Å². The Hall–Kier alpha value is -1.73. The second kappa shape index (κ2) is 5.55. The number of nitriles is 1. The van der Waals surface area contributed by atoms with Crippen LogP contribution in [0.4, 0.5) is 0 Å². The number of nitrogens with zero attached hydrogens (tertiary/aromatic N) is 1. The fourth-order valence-corrected chi connectivity index (χ4v) is 1.92. The van der Waals surface area contributed by atoms with Gasteiger partial charge in [-0.05, 0) is 25.1 Å². The molecule has 4 nitrogen and oxygen atoms in total. The van der Waals surface area contributed by atoms with Crippen molar-refractivity contribution >= 4 is 0 Å². The molecule has 1 aromatic rings. The second-order valence-corrected chi connectivity index (χ2v) is 4.15. The van der Waals surface area contributed by atoms with Crippen molar-refractivity contribution in [1.82, 2.24) is 5.32 Å². The molecule has 1 aliphatic heterocycles. The Morgan fingerprint density at radius 2 is 2.35 bits per heavy atom. The highest BCUT2D eigenvalue weighted by Crippen LogP contribution is 2.28. The van der Waals surface area contributed by atoms with Crippen LogP contribution in [0, 0.1) is 17.2 Å². The third-order valence-electron chi connectivity index (χ3n) is 2.93. The Labute approximate surface area is 101 Å². The van der Waals surface area contributed by atoms with Crippen molar-refractivity contribution in [1.29, 1.82) is 5.26 Å². The van der Waals surface area contributed by atoms with Crippen LogP contribution in [0.15, 0.2) is 18.2 Å². The Kier molecular flexibility index (Phi) is 3.84. The first kappa shape index (κ1) is 11.7. The van der Waals surface area contributed by atoms with Crippen LogP contribution in [0.2, 0.25) is 0 Å². The Morgan fingerprint density at radius 3 is 3.00 bits per heavy atom. The molecule has 1 aromatic carbocycles. The van der Waals surface area contributed by atoms with Crippen LogP contribution < -0.4 is 14.8 Å². The molecule has 0 aliphatic carbocycles. The highest BCUT2D eigenvalue weighted by molar-refractivity contribution is 5.46. The number of ether oxygens (including phenoxy) is 2. The summed E-state index contributed by atoms with van der Waals surface area (Å²) in [6, 6.07) is 7.31. The summed E-state index contributed by atoms with van der Waals surface area (Å²) in [6.45, 7) is 2.77. The molecule has 1 fully saturated rings. The van der Waals surface area contributed by atoms with Crippen LogP contribution in [0.3, 0.4) is 0 Å². The van der Waals surface area contributed by atoms with E-state index in [9.17, 15) is 0 Å². The zero-order valence-electron chi connectivity index (χ0n) is 9.90. The lowest BCUT2D eigenvalue weighted by molar-refractivity contribution is 0.247. The molecule has 1 atom stereocenters. The summed E-state index contributed by atoms with van der Waals surface area (Å²) in [5.74, 6) is 1.89. The maximum atomic E-state index is 8.80. The molecule has 1 heterocycles. The van der Waals surface area contributed by atoms with Gasteiger partial charge in [0.1, 0.15) is 0 Å². The summed E-state index contributed by atoms with van der Waals surface area (Å²) < 4.78 is 10.9. The predicted molar refractivity (Wildman–Crippen MR) is 64.2 cm³/mol. The largest absolute Gasteiger partial charge is 0.493 e. The minimum Gasteiger partial charge on any atom is -0.493 e. The van der Waals surface area contributed by atoms with E-state index in [1.165, 1.54) is 0 Å². The number of methoxy groups -OCH3 is 1. The lowest BCUT2D eigenvalue weighted by Crippen LogP contribution is -2.15. The van der Waals surface area contributed by atoms with E-state index >= 15 is 0 Å². The van der Waals surface area contributed by atoms with Crippen LogP contribution in [0.25, 0.3) is 0 Å². The molecule has 1 saturated heterocycles. The standard InChI is InChI=1S/C13H16N2O2/c1-16-13-6-10(7-14)2-3-12(13)17-9-11-4-5-15-8-11/h2-3,6,11,15H,4-5,8-9H2,1H3. The van der Waals surface area contributed by atoms with Gasteiger partial charge in [-0.1, -0.05) is 0 Å². The average molecular weight is 232 g/mol. The maximum absolute atomic E-state index is 8.80. The van der Waals surface area contributed by atoms with Crippen molar-refractivity contribution in [2.24, 2.45) is 5.92 Å². The topological polar surface area (TPSA) is 54.3 Å². The predicted octanol–water partition coefficient (Wildman–Crippen LogP) is 1.56. The van der Waals surface area contributed by atoms with E-state index in [-0.39, 0.29) is 0 Å². The van der Waals surface area contributed by atoms with E-state index in [1.54, 1.807) is 25.3 Å². The van der Waals surface area contributed by atoms with Gasteiger partial charge in [0.2, 0.25) is 0 Å². The van der Waals surface area contributed by atoms with Gasteiger partial charge in [-0.25, -0.2) is 0 Å². The minimum absolute atomic E-state index is 0.565. The van der Waals surface area contributed by atoms with Crippen LogP contribution >= 0.6 is 0 Å². The van der Waals surface area contributed by atoms with Gasteiger partial charge in [-0.15, -0.1) is 0 Å². The number of benzene rings is 1. The van der Waals surface area contributed by atoms with Gasteiger partial charge in [-0.2, -0.15) is 5.26 Å².